The second kappa shape index (κ2) is 14.5. The molecular formula is C37H40N4O5S. The lowest BCUT2D eigenvalue weighted by Gasteiger charge is -2.44. The highest BCUT2D eigenvalue weighted by atomic mass is 32.2. The summed E-state index contributed by atoms with van der Waals surface area (Å²) in [6, 6.07) is 30.1. The molecule has 2 heterocycles. The molecule has 0 bridgehead atoms. The molecule has 3 aromatic carbocycles. The number of nitrogens with zero attached hydrogens (tertiary/aromatic N) is 3. The van der Waals surface area contributed by atoms with Crippen LogP contribution in [0.4, 0.5) is 5.82 Å². The number of amides is 1. The van der Waals surface area contributed by atoms with Gasteiger partial charge in [0.1, 0.15) is 5.82 Å². The molecule has 47 heavy (non-hydrogen) atoms. The van der Waals surface area contributed by atoms with E-state index >= 15 is 0 Å². The number of sulfonamides is 1. The Hall–Kier alpha value is -4.54. The number of aryl methyl sites for hydroxylation is 1. The maximum absolute atomic E-state index is 14.0. The fourth-order valence-electron chi connectivity index (χ4n) is 6.68. The number of anilines is 1. The molecule has 2 aliphatic rings. The monoisotopic (exact) mass is 652 g/mol. The molecule has 4 aromatic rings. The number of aliphatic carboxylic acids is 1. The van der Waals surface area contributed by atoms with Gasteiger partial charge in [0.05, 0.1) is 10.9 Å². The molecule has 1 aliphatic heterocycles. The molecule has 1 aliphatic carbocycles. The lowest BCUT2D eigenvalue weighted by molar-refractivity contribution is -0.140. The van der Waals surface area contributed by atoms with Gasteiger partial charge in [-0.1, -0.05) is 72.8 Å². The number of hydrogen-bond donors (Lipinski definition) is 2. The van der Waals surface area contributed by atoms with Crippen molar-refractivity contribution in [3.63, 3.8) is 0 Å². The predicted molar refractivity (Wildman–Crippen MR) is 181 cm³/mol. The third-order valence-corrected chi connectivity index (χ3v) is 10.8. The Balaban J connectivity index is 1.05. The van der Waals surface area contributed by atoms with Crippen LogP contribution in [0.15, 0.2) is 108 Å². The van der Waals surface area contributed by atoms with Crippen molar-refractivity contribution in [1.82, 2.24) is 14.6 Å². The average Bonchev–Trinajstić information content (AvgIpc) is 3.11. The zero-order valence-corrected chi connectivity index (χ0v) is 27.1. The molecule has 1 atom stereocenters. The number of benzene rings is 3. The largest absolute Gasteiger partial charge is 0.481 e. The van der Waals surface area contributed by atoms with Gasteiger partial charge >= 0.3 is 5.97 Å². The first-order valence-corrected chi connectivity index (χ1v) is 17.7. The summed E-state index contributed by atoms with van der Waals surface area (Å²) in [5, 5.41) is 8.90. The normalized spacial score (nSPS) is 20.1. The van der Waals surface area contributed by atoms with E-state index in [1.807, 2.05) is 65.6 Å². The molecule has 1 aromatic heterocycles. The number of carbonyl (C=O) groups excluding carboxylic acids is 1. The fourth-order valence-corrected chi connectivity index (χ4v) is 7.98. The Morgan fingerprint density at radius 3 is 2.11 bits per heavy atom. The maximum atomic E-state index is 14.0. The minimum Gasteiger partial charge on any atom is -0.481 e. The van der Waals surface area contributed by atoms with Gasteiger partial charge in [-0.15, -0.1) is 0 Å². The Kier molecular flexibility index (Phi) is 9.98. The van der Waals surface area contributed by atoms with Crippen molar-refractivity contribution >= 4 is 27.7 Å². The van der Waals surface area contributed by atoms with E-state index in [-0.39, 0.29) is 35.2 Å². The summed E-state index contributed by atoms with van der Waals surface area (Å²) in [4.78, 5) is 33.8. The highest BCUT2D eigenvalue weighted by Crippen LogP contribution is 2.33. The standard InChI is InChI=1S/C37H40N4O5S/c42-36(43)22-11-27-9-12-28(13-10-27)29-16-20-33(21-17-29)47(45,46)39-32-18-14-31(15-19-32)37(44)41-25-24-40(35-8-4-5-23-38-35)26-34(41)30-6-2-1-3-7-30/h1-10,12-13,16-17,20-21,23,31-32,34,39H,11,14-15,18-19,22,24-26H2,(H,42,43)/t31-,32-,34?. The van der Waals surface area contributed by atoms with Gasteiger partial charge < -0.3 is 14.9 Å². The summed E-state index contributed by atoms with van der Waals surface area (Å²) >= 11 is 0. The van der Waals surface area contributed by atoms with Crippen LogP contribution in [0.25, 0.3) is 11.1 Å². The minimum atomic E-state index is -3.73. The summed E-state index contributed by atoms with van der Waals surface area (Å²) in [6.07, 6.45) is 4.81. The van der Waals surface area contributed by atoms with E-state index in [0.29, 0.717) is 51.7 Å². The van der Waals surface area contributed by atoms with Crippen molar-refractivity contribution in [3.05, 3.63) is 114 Å². The Bertz CT molecular complexity index is 1760. The highest BCUT2D eigenvalue weighted by Gasteiger charge is 2.37. The van der Waals surface area contributed by atoms with E-state index in [4.69, 9.17) is 5.11 Å². The molecule has 1 saturated heterocycles. The Morgan fingerprint density at radius 2 is 1.47 bits per heavy atom. The first-order chi connectivity index (χ1) is 22.8. The van der Waals surface area contributed by atoms with Crippen LogP contribution in [-0.2, 0) is 26.0 Å². The summed E-state index contributed by atoms with van der Waals surface area (Å²) in [7, 11) is -3.73. The van der Waals surface area contributed by atoms with Crippen molar-refractivity contribution in [2.75, 3.05) is 24.5 Å². The molecule has 10 heteroatoms. The van der Waals surface area contributed by atoms with Gasteiger partial charge in [-0.2, -0.15) is 0 Å². The predicted octanol–water partition coefficient (Wildman–Crippen LogP) is 5.69. The molecule has 6 rings (SSSR count). The molecule has 1 amide bonds. The van der Waals surface area contributed by atoms with Crippen molar-refractivity contribution in [1.29, 1.82) is 0 Å². The van der Waals surface area contributed by atoms with Gasteiger partial charge in [-0.25, -0.2) is 18.1 Å². The SMILES string of the molecule is O=C(O)CCc1ccc(-c2ccc(S(=O)(=O)N[C@H]3CC[C@H](C(=O)N4CCN(c5ccccn5)CC4c4ccccc4)CC3)cc2)cc1. The van der Waals surface area contributed by atoms with Crippen LogP contribution >= 0.6 is 0 Å². The van der Waals surface area contributed by atoms with E-state index in [0.717, 1.165) is 28.1 Å². The maximum Gasteiger partial charge on any atom is 0.303 e. The summed E-state index contributed by atoms with van der Waals surface area (Å²) in [5.41, 5.74) is 3.84. The second-order valence-corrected chi connectivity index (χ2v) is 14.1. The molecule has 0 spiro atoms. The summed E-state index contributed by atoms with van der Waals surface area (Å²) < 4.78 is 29.5. The van der Waals surface area contributed by atoms with Crippen LogP contribution in [0.2, 0.25) is 0 Å². The quantitative estimate of drug-likeness (QED) is 0.226. The molecule has 1 saturated carbocycles. The van der Waals surface area contributed by atoms with Crippen LogP contribution in [-0.4, -0.2) is 61.0 Å². The number of rotatable bonds is 10. The average molecular weight is 653 g/mol. The topological polar surface area (TPSA) is 120 Å². The summed E-state index contributed by atoms with van der Waals surface area (Å²) in [5.74, 6) is 0.0839. The van der Waals surface area contributed by atoms with Crippen molar-refractivity contribution in [2.45, 2.75) is 55.5 Å². The number of pyridine rings is 1. The van der Waals surface area contributed by atoms with Gasteiger partial charge in [-0.05, 0) is 78.6 Å². The summed E-state index contributed by atoms with van der Waals surface area (Å²) in [6.45, 7) is 1.98. The minimum absolute atomic E-state index is 0.0795. The third kappa shape index (κ3) is 7.89. The first kappa shape index (κ1) is 32.4. The zero-order valence-electron chi connectivity index (χ0n) is 26.2. The van der Waals surface area contributed by atoms with Crippen LogP contribution in [0.3, 0.4) is 0 Å². The van der Waals surface area contributed by atoms with Crippen molar-refractivity contribution in [3.8, 4) is 11.1 Å². The fraction of sp³-hybridized carbons (Fsp3) is 0.324. The number of carboxylic acids is 1. The molecule has 2 fully saturated rings. The van der Waals surface area contributed by atoms with Gasteiger partial charge in [0, 0.05) is 44.2 Å². The molecule has 1 unspecified atom stereocenters. The Morgan fingerprint density at radius 1 is 0.809 bits per heavy atom. The van der Waals surface area contributed by atoms with E-state index in [1.165, 1.54) is 0 Å². The second-order valence-electron chi connectivity index (χ2n) is 12.4. The number of carboxylic acid groups (broad SMARTS) is 1. The van der Waals surface area contributed by atoms with Crippen LogP contribution in [0.5, 0.6) is 0 Å². The number of carbonyl (C=O) groups is 2. The third-order valence-electron chi connectivity index (χ3n) is 9.30. The van der Waals surface area contributed by atoms with E-state index < -0.39 is 16.0 Å². The molecule has 2 N–H and O–H groups in total. The molecule has 244 valence electrons. The van der Waals surface area contributed by atoms with Crippen molar-refractivity contribution < 1.29 is 23.1 Å². The number of aromatic nitrogens is 1. The van der Waals surface area contributed by atoms with E-state index in [2.05, 4.69) is 26.7 Å². The lowest BCUT2D eigenvalue weighted by atomic mass is 9.85. The Labute approximate surface area is 276 Å². The number of hydrogen-bond acceptors (Lipinski definition) is 6. The molecule has 9 nitrogen and oxygen atoms in total. The highest BCUT2D eigenvalue weighted by molar-refractivity contribution is 7.89. The van der Waals surface area contributed by atoms with Gasteiger partial charge in [-0.3, -0.25) is 9.59 Å². The van der Waals surface area contributed by atoms with Crippen LogP contribution in [0.1, 0.15) is 49.3 Å². The molecular weight excluding hydrogens is 612 g/mol. The van der Waals surface area contributed by atoms with Crippen molar-refractivity contribution in [2.24, 2.45) is 5.92 Å². The van der Waals surface area contributed by atoms with Crippen LogP contribution in [0, 0.1) is 5.92 Å². The van der Waals surface area contributed by atoms with E-state index in [1.54, 1.807) is 30.5 Å². The zero-order chi connectivity index (χ0) is 32.8. The first-order valence-electron chi connectivity index (χ1n) is 16.2. The lowest BCUT2D eigenvalue weighted by Crippen LogP contribution is -2.53. The van der Waals surface area contributed by atoms with Gasteiger partial charge in [0.25, 0.3) is 0 Å². The van der Waals surface area contributed by atoms with Crippen LogP contribution < -0.4 is 9.62 Å². The van der Waals surface area contributed by atoms with E-state index in [9.17, 15) is 18.0 Å². The molecule has 0 radical (unpaired) electrons. The number of piperazine rings is 1. The van der Waals surface area contributed by atoms with Gasteiger partial charge in [0.15, 0.2) is 0 Å². The van der Waals surface area contributed by atoms with Gasteiger partial charge in [0.2, 0.25) is 15.9 Å². The smallest absolute Gasteiger partial charge is 0.303 e. The number of nitrogens with one attached hydrogen (secondary N) is 1.